The Kier molecular flexibility index (Phi) is 6.35. The van der Waals surface area contributed by atoms with Gasteiger partial charge in [0.1, 0.15) is 6.54 Å². The minimum Gasteiger partial charge on any atom is -0.454 e. The van der Waals surface area contributed by atoms with Gasteiger partial charge < -0.3 is 9.30 Å². The Morgan fingerprint density at radius 3 is 2.66 bits per heavy atom. The molecule has 29 heavy (non-hydrogen) atoms. The number of carbonyl (C=O) groups is 2. The highest BCUT2D eigenvalue weighted by Crippen LogP contribution is 2.05. The summed E-state index contributed by atoms with van der Waals surface area (Å²) in [5.41, 5.74) is 1.14. The zero-order valence-corrected chi connectivity index (χ0v) is 16.3. The van der Waals surface area contributed by atoms with Crippen molar-refractivity contribution < 1.29 is 14.3 Å². The second-order valence-electron chi connectivity index (χ2n) is 6.20. The van der Waals surface area contributed by atoms with Gasteiger partial charge in [-0.25, -0.2) is 4.68 Å². The average Bonchev–Trinajstić information content (AvgIpc) is 3.11. The summed E-state index contributed by atoms with van der Waals surface area (Å²) in [6.07, 6.45) is 1.82. The van der Waals surface area contributed by atoms with E-state index in [4.69, 9.17) is 4.74 Å². The highest BCUT2D eigenvalue weighted by Gasteiger charge is 2.10. The highest BCUT2D eigenvalue weighted by atomic mass is 32.1. The third-order valence-electron chi connectivity index (χ3n) is 3.89. The highest BCUT2D eigenvalue weighted by molar-refractivity contribution is 7.07. The summed E-state index contributed by atoms with van der Waals surface area (Å²) in [6.45, 7) is 1.50. The SMILES string of the molecule is Cc1ccc(Cn2ccsc2=NC(=O)COC(=O)Cn2[nH]c(=O)ccc2=O)cc1. The van der Waals surface area contributed by atoms with Crippen molar-refractivity contribution in [3.05, 3.63) is 84.6 Å². The summed E-state index contributed by atoms with van der Waals surface area (Å²) >= 11 is 1.29. The number of aryl methyl sites for hydroxylation is 1. The Morgan fingerprint density at radius 1 is 1.14 bits per heavy atom. The fraction of sp³-hybridized carbons (Fsp3) is 0.211. The summed E-state index contributed by atoms with van der Waals surface area (Å²) in [5.74, 6) is -1.47. The molecule has 0 bridgehead atoms. The van der Waals surface area contributed by atoms with E-state index in [1.165, 1.54) is 11.3 Å². The van der Waals surface area contributed by atoms with Crippen LogP contribution in [0.25, 0.3) is 0 Å². The van der Waals surface area contributed by atoms with Crippen LogP contribution in [0.15, 0.2) is 62.6 Å². The van der Waals surface area contributed by atoms with E-state index in [0.29, 0.717) is 11.3 Å². The normalized spacial score (nSPS) is 11.4. The molecule has 1 aromatic carbocycles. The maximum atomic E-state index is 12.1. The third kappa shape index (κ3) is 5.72. The van der Waals surface area contributed by atoms with Crippen LogP contribution >= 0.6 is 11.3 Å². The number of carbonyl (C=O) groups excluding carboxylic acids is 2. The topological polar surface area (TPSA) is 116 Å². The first-order chi connectivity index (χ1) is 13.9. The molecule has 0 radical (unpaired) electrons. The minimum atomic E-state index is -0.837. The van der Waals surface area contributed by atoms with E-state index in [2.05, 4.69) is 10.1 Å². The van der Waals surface area contributed by atoms with E-state index in [1.54, 1.807) is 0 Å². The molecular weight excluding hydrogens is 396 g/mol. The third-order valence-corrected chi connectivity index (χ3v) is 4.68. The lowest BCUT2D eigenvalue weighted by molar-refractivity contribution is -0.148. The van der Waals surface area contributed by atoms with Crippen LogP contribution in [0.1, 0.15) is 11.1 Å². The summed E-state index contributed by atoms with van der Waals surface area (Å²) < 4.78 is 7.48. The Bertz CT molecular complexity index is 1200. The van der Waals surface area contributed by atoms with E-state index >= 15 is 0 Å². The van der Waals surface area contributed by atoms with Crippen molar-refractivity contribution in [3.8, 4) is 0 Å². The van der Waals surface area contributed by atoms with Gasteiger partial charge in [-0.2, -0.15) is 4.99 Å². The molecule has 0 atom stereocenters. The number of aromatic nitrogens is 3. The fourth-order valence-electron chi connectivity index (χ4n) is 2.43. The zero-order valence-electron chi connectivity index (χ0n) is 15.5. The zero-order chi connectivity index (χ0) is 20.8. The molecule has 0 spiro atoms. The smallest absolute Gasteiger partial charge is 0.328 e. The number of ether oxygens (including phenoxy) is 1. The van der Waals surface area contributed by atoms with Crippen molar-refractivity contribution in [1.29, 1.82) is 0 Å². The molecule has 0 saturated carbocycles. The van der Waals surface area contributed by atoms with Gasteiger partial charge in [-0.05, 0) is 12.5 Å². The van der Waals surface area contributed by atoms with E-state index in [1.807, 2.05) is 47.3 Å². The Hall–Kier alpha value is -3.53. The second kappa shape index (κ2) is 9.11. The molecule has 3 rings (SSSR count). The van der Waals surface area contributed by atoms with Crippen LogP contribution in [0.5, 0.6) is 0 Å². The number of benzene rings is 1. The Morgan fingerprint density at radius 2 is 1.90 bits per heavy atom. The van der Waals surface area contributed by atoms with Crippen LogP contribution in [0, 0.1) is 6.92 Å². The first-order valence-electron chi connectivity index (χ1n) is 8.63. The molecule has 9 nitrogen and oxygen atoms in total. The molecule has 150 valence electrons. The summed E-state index contributed by atoms with van der Waals surface area (Å²) in [6, 6.07) is 10.1. The predicted octanol–water partition coefficient (Wildman–Crippen LogP) is 0.427. The van der Waals surface area contributed by atoms with E-state index in [0.717, 1.165) is 27.9 Å². The van der Waals surface area contributed by atoms with E-state index in [9.17, 15) is 19.2 Å². The average molecular weight is 414 g/mol. The molecular formula is C19H18N4O5S. The maximum absolute atomic E-state index is 12.1. The standard InChI is InChI=1S/C19H18N4O5S/c1-13-2-4-14(5-3-13)10-22-8-9-29-19(22)20-16(25)12-28-18(27)11-23-17(26)7-6-15(24)21-23/h2-9H,10-12H2,1H3,(H,21,24). The van der Waals surface area contributed by atoms with E-state index < -0.39 is 36.1 Å². The monoisotopic (exact) mass is 414 g/mol. The first kappa shape index (κ1) is 20.2. The van der Waals surface area contributed by atoms with Gasteiger partial charge in [-0.3, -0.25) is 24.3 Å². The van der Waals surface area contributed by atoms with Crippen LogP contribution in [0.4, 0.5) is 0 Å². The van der Waals surface area contributed by atoms with Crippen molar-refractivity contribution in [3.63, 3.8) is 0 Å². The van der Waals surface area contributed by atoms with Gasteiger partial charge in [0.15, 0.2) is 11.4 Å². The first-order valence-corrected chi connectivity index (χ1v) is 9.51. The number of H-pyrrole nitrogens is 1. The fourth-order valence-corrected chi connectivity index (χ4v) is 3.18. The second-order valence-corrected chi connectivity index (χ2v) is 7.07. The van der Waals surface area contributed by atoms with Gasteiger partial charge in [-0.1, -0.05) is 29.8 Å². The lowest BCUT2D eigenvalue weighted by Gasteiger charge is -2.05. The number of esters is 1. The number of aromatic amines is 1. The molecule has 1 N–H and O–H groups in total. The number of hydrogen-bond donors (Lipinski definition) is 1. The van der Waals surface area contributed by atoms with Crippen molar-refractivity contribution in [2.24, 2.45) is 4.99 Å². The van der Waals surface area contributed by atoms with Gasteiger partial charge in [0, 0.05) is 30.3 Å². The van der Waals surface area contributed by atoms with Crippen LogP contribution < -0.4 is 15.9 Å². The summed E-state index contributed by atoms with van der Waals surface area (Å²) in [7, 11) is 0. The largest absolute Gasteiger partial charge is 0.454 e. The molecule has 10 heteroatoms. The van der Waals surface area contributed by atoms with E-state index in [-0.39, 0.29) is 0 Å². The molecule has 0 fully saturated rings. The number of rotatable bonds is 6. The number of hydrogen-bond acceptors (Lipinski definition) is 6. The van der Waals surface area contributed by atoms with Crippen molar-refractivity contribution >= 4 is 23.2 Å². The van der Waals surface area contributed by atoms with Gasteiger partial charge in [0.25, 0.3) is 17.0 Å². The Balaban J connectivity index is 1.61. The van der Waals surface area contributed by atoms with Crippen LogP contribution in [-0.2, 0) is 27.4 Å². The maximum Gasteiger partial charge on any atom is 0.328 e. The molecule has 3 aromatic rings. The number of thiazole rings is 1. The molecule has 0 saturated heterocycles. The number of nitrogens with zero attached hydrogens (tertiary/aromatic N) is 3. The molecule has 0 aliphatic heterocycles. The van der Waals surface area contributed by atoms with Crippen molar-refractivity contribution in [1.82, 2.24) is 14.3 Å². The molecule has 0 unspecified atom stereocenters. The number of amides is 1. The lowest BCUT2D eigenvalue weighted by Crippen LogP contribution is -2.32. The quantitative estimate of drug-likeness (QED) is 0.587. The molecule has 0 aliphatic carbocycles. The predicted molar refractivity (Wildman–Crippen MR) is 105 cm³/mol. The van der Waals surface area contributed by atoms with Gasteiger partial charge in [0.05, 0.1) is 0 Å². The molecule has 2 aromatic heterocycles. The Labute approximate surface area is 168 Å². The van der Waals surface area contributed by atoms with Crippen LogP contribution in [0.2, 0.25) is 0 Å². The van der Waals surface area contributed by atoms with Gasteiger partial charge in [0.2, 0.25) is 0 Å². The van der Waals surface area contributed by atoms with Gasteiger partial charge in [-0.15, -0.1) is 11.3 Å². The molecule has 2 heterocycles. The minimum absolute atomic E-state index is 0.482. The van der Waals surface area contributed by atoms with Gasteiger partial charge >= 0.3 is 5.97 Å². The lowest BCUT2D eigenvalue weighted by atomic mass is 10.1. The van der Waals surface area contributed by atoms with Crippen LogP contribution in [0.3, 0.4) is 0 Å². The number of nitrogens with one attached hydrogen (secondary N) is 1. The summed E-state index contributed by atoms with van der Waals surface area (Å²) in [5, 5.41) is 4.01. The van der Waals surface area contributed by atoms with Crippen LogP contribution in [-0.4, -0.2) is 32.8 Å². The summed E-state index contributed by atoms with van der Waals surface area (Å²) in [4.78, 5) is 51.1. The van der Waals surface area contributed by atoms with Crippen molar-refractivity contribution in [2.45, 2.75) is 20.0 Å². The van der Waals surface area contributed by atoms with Crippen molar-refractivity contribution in [2.75, 3.05) is 6.61 Å². The molecule has 1 amide bonds. The molecule has 0 aliphatic rings.